The lowest BCUT2D eigenvalue weighted by Crippen LogP contribution is -2.40. The molecule has 2 amide bonds. The number of alkyl halides is 6. The van der Waals surface area contributed by atoms with E-state index in [4.69, 9.17) is 0 Å². The van der Waals surface area contributed by atoms with Gasteiger partial charge in [-0.05, 0) is 60.2 Å². The Kier molecular flexibility index (Phi) is 6.08. The summed E-state index contributed by atoms with van der Waals surface area (Å²) in [5.74, 6) is -5.89. The summed E-state index contributed by atoms with van der Waals surface area (Å²) in [6, 6.07) is 12.8. The predicted molar refractivity (Wildman–Crippen MR) is 121 cm³/mol. The SMILES string of the molecule is O=C(Nc1ccc2c(c1)C(F)(F)C(F)(F)O2)N1CC(c2ccc(F)cc2)=C(c2ccc(OC(F)F)cc2)N1. The molecule has 0 saturated carbocycles. The molecule has 3 aromatic rings. The first-order chi connectivity index (χ1) is 17.9. The molecule has 2 aliphatic heterocycles. The number of anilines is 1. The van der Waals surface area contributed by atoms with E-state index < -0.39 is 41.8 Å². The maximum atomic E-state index is 14.0. The van der Waals surface area contributed by atoms with Gasteiger partial charge >= 0.3 is 24.7 Å². The Hall–Kier alpha value is -4.42. The van der Waals surface area contributed by atoms with Gasteiger partial charge in [-0.25, -0.2) is 14.2 Å². The lowest BCUT2D eigenvalue weighted by atomic mass is 10.0. The average Bonchev–Trinajstić information content (AvgIpc) is 3.37. The van der Waals surface area contributed by atoms with Crippen LogP contribution in [0.4, 0.5) is 41.2 Å². The quantitative estimate of drug-likeness (QED) is 0.367. The van der Waals surface area contributed by atoms with E-state index in [1.807, 2.05) is 0 Å². The highest BCUT2D eigenvalue weighted by Crippen LogP contribution is 2.53. The first-order valence-corrected chi connectivity index (χ1v) is 10.9. The number of ether oxygens (including phenoxy) is 2. The van der Waals surface area contributed by atoms with Crippen molar-refractivity contribution in [3.8, 4) is 11.5 Å². The summed E-state index contributed by atoms with van der Waals surface area (Å²) in [7, 11) is 0. The second-order valence-electron chi connectivity index (χ2n) is 8.30. The zero-order valence-electron chi connectivity index (χ0n) is 19.0. The number of nitrogens with zero attached hydrogens (tertiary/aromatic N) is 1. The van der Waals surface area contributed by atoms with Crippen molar-refractivity contribution in [2.75, 3.05) is 11.9 Å². The van der Waals surface area contributed by atoms with Crippen molar-refractivity contribution in [1.82, 2.24) is 10.4 Å². The van der Waals surface area contributed by atoms with Crippen molar-refractivity contribution in [3.05, 3.63) is 89.2 Å². The van der Waals surface area contributed by atoms with Gasteiger partial charge in [-0.2, -0.15) is 26.3 Å². The number of rotatable bonds is 5. The molecule has 3 aromatic carbocycles. The minimum absolute atomic E-state index is 0.0790. The van der Waals surface area contributed by atoms with Crippen LogP contribution in [0.15, 0.2) is 66.7 Å². The van der Waals surface area contributed by atoms with Gasteiger partial charge in [0.2, 0.25) is 0 Å². The van der Waals surface area contributed by atoms with Gasteiger partial charge in [-0.15, -0.1) is 0 Å². The number of halogens is 7. The number of urea groups is 1. The molecule has 0 saturated heterocycles. The average molecular weight is 539 g/mol. The van der Waals surface area contributed by atoms with Crippen LogP contribution in [-0.2, 0) is 5.92 Å². The Balaban J connectivity index is 1.40. The molecule has 2 N–H and O–H groups in total. The van der Waals surface area contributed by atoms with E-state index >= 15 is 0 Å². The topological polar surface area (TPSA) is 62.8 Å². The number of hydrazine groups is 1. The van der Waals surface area contributed by atoms with Gasteiger partial charge in [0, 0.05) is 16.8 Å². The molecule has 0 fully saturated rings. The van der Waals surface area contributed by atoms with Crippen LogP contribution in [0.5, 0.6) is 11.5 Å². The van der Waals surface area contributed by atoms with E-state index in [0.29, 0.717) is 28.5 Å². The van der Waals surface area contributed by atoms with Gasteiger partial charge in [0.15, 0.2) is 0 Å². The number of amides is 2. The summed E-state index contributed by atoms with van der Waals surface area (Å²) in [5.41, 5.74) is 3.50. The summed E-state index contributed by atoms with van der Waals surface area (Å²) in [6.45, 7) is -3.10. The number of carbonyl (C=O) groups excluding carboxylic acids is 1. The molecular formula is C25H16F7N3O3. The van der Waals surface area contributed by atoms with Crippen LogP contribution in [0.25, 0.3) is 11.3 Å². The van der Waals surface area contributed by atoms with E-state index in [9.17, 15) is 35.5 Å². The molecule has 38 heavy (non-hydrogen) atoms. The number of hydrogen-bond donors (Lipinski definition) is 2. The summed E-state index contributed by atoms with van der Waals surface area (Å²) in [4.78, 5) is 13.0. The van der Waals surface area contributed by atoms with Crippen LogP contribution < -0.4 is 20.2 Å². The molecule has 0 aliphatic carbocycles. The highest BCUT2D eigenvalue weighted by molar-refractivity contribution is 5.98. The van der Waals surface area contributed by atoms with Crippen LogP contribution in [0.3, 0.4) is 0 Å². The highest BCUT2D eigenvalue weighted by Gasteiger charge is 2.66. The Labute approximate surface area is 210 Å². The number of carbonyl (C=O) groups is 1. The van der Waals surface area contributed by atoms with E-state index in [-0.39, 0.29) is 18.0 Å². The van der Waals surface area contributed by atoms with Crippen molar-refractivity contribution in [3.63, 3.8) is 0 Å². The van der Waals surface area contributed by atoms with Crippen molar-refractivity contribution in [2.24, 2.45) is 0 Å². The Bertz CT molecular complexity index is 1410. The minimum atomic E-state index is -4.73. The number of hydrogen-bond acceptors (Lipinski definition) is 4. The standard InChI is InChI=1S/C25H16F7N3O3/c26-15-5-1-13(2-6-15)18-12-35(34-21(18)14-3-8-17(9-4-14)37-22(27)28)23(36)33-16-7-10-20-19(11-16)24(29,30)25(31,32)38-20/h1-11,22,34H,12H2,(H,33,36). The fourth-order valence-electron chi connectivity index (χ4n) is 4.02. The largest absolute Gasteiger partial charge is 0.469 e. The molecule has 0 atom stereocenters. The fourth-order valence-corrected chi connectivity index (χ4v) is 4.02. The van der Waals surface area contributed by atoms with Gasteiger partial charge in [0.25, 0.3) is 0 Å². The number of fused-ring (bicyclic) bond motifs is 1. The van der Waals surface area contributed by atoms with Crippen LogP contribution in [0, 0.1) is 5.82 Å². The molecule has 5 rings (SSSR count). The van der Waals surface area contributed by atoms with Gasteiger partial charge in [-0.1, -0.05) is 12.1 Å². The van der Waals surface area contributed by atoms with Crippen molar-refractivity contribution in [2.45, 2.75) is 18.6 Å². The third-order valence-corrected chi connectivity index (χ3v) is 5.84. The summed E-state index contributed by atoms with van der Waals surface area (Å²) >= 11 is 0. The Morgan fingerprint density at radius 2 is 1.63 bits per heavy atom. The van der Waals surface area contributed by atoms with Crippen LogP contribution >= 0.6 is 0 Å². The Morgan fingerprint density at radius 1 is 0.974 bits per heavy atom. The third-order valence-electron chi connectivity index (χ3n) is 5.84. The highest BCUT2D eigenvalue weighted by atomic mass is 19.3. The second-order valence-corrected chi connectivity index (χ2v) is 8.30. The molecule has 2 heterocycles. The normalized spacial score (nSPS) is 17.2. The zero-order valence-corrected chi connectivity index (χ0v) is 19.0. The van der Waals surface area contributed by atoms with Crippen LogP contribution in [0.1, 0.15) is 16.7 Å². The van der Waals surface area contributed by atoms with Gasteiger partial charge < -0.3 is 14.8 Å². The Morgan fingerprint density at radius 3 is 2.29 bits per heavy atom. The first-order valence-electron chi connectivity index (χ1n) is 10.9. The molecule has 13 heteroatoms. The van der Waals surface area contributed by atoms with Crippen molar-refractivity contribution >= 4 is 23.0 Å². The number of benzene rings is 3. The first kappa shape index (κ1) is 25.2. The maximum absolute atomic E-state index is 14.0. The number of nitrogens with one attached hydrogen (secondary N) is 2. The molecule has 0 spiro atoms. The van der Waals surface area contributed by atoms with Gasteiger partial charge in [-0.3, -0.25) is 5.43 Å². The van der Waals surface area contributed by atoms with Crippen LogP contribution in [0.2, 0.25) is 0 Å². The molecule has 0 radical (unpaired) electrons. The van der Waals surface area contributed by atoms with E-state index in [2.05, 4.69) is 20.2 Å². The van der Waals surface area contributed by atoms with Gasteiger partial charge in [0.05, 0.1) is 17.8 Å². The monoisotopic (exact) mass is 539 g/mol. The van der Waals surface area contributed by atoms with Crippen molar-refractivity contribution in [1.29, 1.82) is 0 Å². The van der Waals surface area contributed by atoms with Crippen LogP contribution in [-0.4, -0.2) is 30.3 Å². The molecule has 0 unspecified atom stereocenters. The minimum Gasteiger partial charge on any atom is -0.435 e. The molecule has 0 bridgehead atoms. The van der Waals surface area contributed by atoms with Crippen molar-refractivity contribution < 1.29 is 45.0 Å². The van der Waals surface area contributed by atoms with E-state index in [1.54, 1.807) is 0 Å². The van der Waals surface area contributed by atoms with E-state index in [0.717, 1.165) is 17.1 Å². The predicted octanol–water partition coefficient (Wildman–Crippen LogP) is 6.42. The molecular weight excluding hydrogens is 523 g/mol. The molecule has 198 valence electrons. The lowest BCUT2D eigenvalue weighted by molar-refractivity contribution is -0.296. The smallest absolute Gasteiger partial charge is 0.435 e. The summed E-state index contributed by atoms with van der Waals surface area (Å²) in [5, 5.41) is 3.44. The third kappa shape index (κ3) is 4.55. The lowest BCUT2D eigenvalue weighted by Gasteiger charge is -2.19. The maximum Gasteiger partial charge on any atom is 0.469 e. The van der Waals surface area contributed by atoms with E-state index in [1.165, 1.54) is 48.5 Å². The summed E-state index contributed by atoms with van der Waals surface area (Å²) < 4.78 is 102. The zero-order chi connectivity index (χ0) is 27.2. The molecule has 6 nitrogen and oxygen atoms in total. The molecule has 0 aromatic heterocycles. The second kappa shape index (κ2) is 9.15. The van der Waals surface area contributed by atoms with Gasteiger partial charge in [0.1, 0.15) is 17.3 Å². The fraction of sp³-hybridized carbons (Fsp3) is 0.160. The molecule has 2 aliphatic rings. The summed E-state index contributed by atoms with van der Waals surface area (Å²) in [6.07, 6.45) is -4.73.